The third kappa shape index (κ3) is 2.01. The zero-order chi connectivity index (χ0) is 13.4. The lowest BCUT2D eigenvalue weighted by atomic mass is 10.1. The van der Waals surface area contributed by atoms with Gasteiger partial charge in [0.05, 0.1) is 5.69 Å². The number of aromatic carboxylic acids is 1. The minimum absolute atomic E-state index is 0.0582. The average Bonchev–Trinajstić information content (AvgIpc) is 2.77. The Kier molecular flexibility index (Phi) is 2.81. The number of fused-ring (bicyclic) bond motifs is 1. The van der Waals surface area contributed by atoms with Crippen molar-refractivity contribution in [2.75, 3.05) is 0 Å². The van der Waals surface area contributed by atoms with Gasteiger partial charge in [0.15, 0.2) is 0 Å². The molecular weight excluding hydrogens is 242 g/mol. The molecule has 1 aliphatic heterocycles. The first-order valence-electron chi connectivity index (χ1n) is 6.43. The van der Waals surface area contributed by atoms with E-state index in [-0.39, 0.29) is 5.69 Å². The minimum atomic E-state index is -1.01. The Morgan fingerprint density at radius 1 is 1.32 bits per heavy atom. The third-order valence-corrected chi connectivity index (χ3v) is 3.54. The zero-order valence-corrected chi connectivity index (χ0v) is 10.8. The van der Waals surface area contributed by atoms with Crippen molar-refractivity contribution in [2.45, 2.75) is 32.7 Å². The molecule has 0 radical (unpaired) electrons. The molecule has 19 heavy (non-hydrogen) atoms. The molecule has 0 aromatic carbocycles. The van der Waals surface area contributed by atoms with Crippen molar-refractivity contribution in [3.05, 3.63) is 35.4 Å². The van der Waals surface area contributed by atoms with Gasteiger partial charge in [0.25, 0.3) is 0 Å². The van der Waals surface area contributed by atoms with Crippen LogP contribution in [-0.2, 0) is 13.0 Å². The first-order chi connectivity index (χ1) is 9.16. The van der Waals surface area contributed by atoms with Crippen molar-refractivity contribution >= 4 is 5.97 Å². The summed E-state index contributed by atoms with van der Waals surface area (Å²) < 4.78 is 2.22. The fourth-order valence-corrected chi connectivity index (χ4v) is 2.56. The highest BCUT2D eigenvalue weighted by atomic mass is 16.4. The number of imidazole rings is 1. The van der Waals surface area contributed by atoms with E-state index < -0.39 is 5.97 Å². The van der Waals surface area contributed by atoms with Gasteiger partial charge in [-0.25, -0.2) is 14.8 Å². The molecule has 0 aliphatic carbocycles. The molecule has 0 fully saturated rings. The van der Waals surface area contributed by atoms with Gasteiger partial charge in [-0.1, -0.05) is 6.07 Å². The lowest BCUT2D eigenvalue weighted by molar-refractivity contribution is 0.0690. The number of carboxylic acids is 1. The largest absolute Gasteiger partial charge is 0.477 e. The van der Waals surface area contributed by atoms with E-state index in [0.29, 0.717) is 5.69 Å². The Balaban J connectivity index is 2.09. The molecule has 0 amide bonds. The number of aromatic nitrogens is 3. The van der Waals surface area contributed by atoms with Gasteiger partial charge in [-0.2, -0.15) is 0 Å². The van der Waals surface area contributed by atoms with Gasteiger partial charge in [-0.15, -0.1) is 0 Å². The lowest BCUT2D eigenvalue weighted by Crippen LogP contribution is -2.11. The number of carbonyl (C=O) groups is 1. The van der Waals surface area contributed by atoms with Gasteiger partial charge < -0.3 is 9.67 Å². The molecule has 1 aliphatic rings. The van der Waals surface area contributed by atoms with E-state index in [1.165, 1.54) is 18.9 Å². The van der Waals surface area contributed by atoms with Crippen LogP contribution < -0.4 is 0 Å². The summed E-state index contributed by atoms with van der Waals surface area (Å²) in [6, 6.07) is 5.02. The van der Waals surface area contributed by atoms with Crippen LogP contribution in [0, 0.1) is 6.92 Å². The number of nitrogens with zero attached hydrogens (tertiary/aromatic N) is 3. The number of carboxylic acid groups (broad SMARTS) is 1. The van der Waals surface area contributed by atoms with Gasteiger partial charge in [0, 0.05) is 18.7 Å². The molecule has 5 nitrogen and oxygen atoms in total. The normalized spacial score (nSPS) is 14.2. The van der Waals surface area contributed by atoms with Crippen LogP contribution in [0.15, 0.2) is 18.2 Å². The zero-order valence-electron chi connectivity index (χ0n) is 10.8. The van der Waals surface area contributed by atoms with Crippen LogP contribution in [0.4, 0.5) is 0 Å². The highest BCUT2D eigenvalue weighted by molar-refractivity contribution is 5.86. The molecule has 98 valence electrons. The Bertz CT molecular complexity index is 646. The molecule has 2 aromatic heterocycles. The van der Waals surface area contributed by atoms with Gasteiger partial charge >= 0.3 is 5.97 Å². The summed E-state index contributed by atoms with van der Waals surface area (Å²) in [7, 11) is 0. The second kappa shape index (κ2) is 4.50. The van der Waals surface area contributed by atoms with Crippen molar-refractivity contribution in [3.63, 3.8) is 0 Å². The molecule has 0 saturated heterocycles. The van der Waals surface area contributed by atoms with Crippen LogP contribution >= 0.6 is 0 Å². The van der Waals surface area contributed by atoms with Crippen LogP contribution in [-0.4, -0.2) is 25.6 Å². The number of rotatable bonds is 2. The maximum atomic E-state index is 11.0. The molecule has 0 atom stereocenters. The lowest BCUT2D eigenvalue weighted by Gasteiger charge is -2.14. The topological polar surface area (TPSA) is 68.0 Å². The molecule has 0 unspecified atom stereocenters. The smallest absolute Gasteiger partial charge is 0.354 e. The van der Waals surface area contributed by atoms with Gasteiger partial charge in [-0.3, -0.25) is 0 Å². The van der Waals surface area contributed by atoms with Crippen molar-refractivity contribution in [1.29, 1.82) is 0 Å². The Labute approximate surface area is 110 Å². The van der Waals surface area contributed by atoms with Crippen LogP contribution in [0.2, 0.25) is 0 Å². The van der Waals surface area contributed by atoms with E-state index >= 15 is 0 Å². The molecule has 0 spiro atoms. The van der Waals surface area contributed by atoms with Gasteiger partial charge in [-0.05, 0) is 31.9 Å². The second-order valence-electron chi connectivity index (χ2n) is 4.78. The summed E-state index contributed by atoms with van der Waals surface area (Å²) in [4.78, 5) is 19.8. The Morgan fingerprint density at radius 2 is 2.16 bits per heavy atom. The third-order valence-electron chi connectivity index (χ3n) is 3.54. The van der Waals surface area contributed by atoms with Crippen molar-refractivity contribution in [2.24, 2.45) is 0 Å². The summed E-state index contributed by atoms with van der Waals surface area (Å²) in [6.07, 6.45) is 3.32. The predicted octanol–water partition coefficient (Wildman–Crippen LogP) is 2.29. The maximum absolute atomic E-state index is 11.0. The average molecular weight is 257 g/mol. The SMILES string of the molecule is Cc1c(-c2cccc(C(=O)O)n2)nc2n1CCCC2. The van der Waals surface area contributed by atoms with Crippen LogP contribution in [0.5, 0.6) is 0 Å². The molecule has 2 aromatic rings. The van der Waals surface area contributed by atoms with Crippen molar-refractivity contribution < 1.29 is 9.90 Å². The van der Waals surface area contributed by atoms with Crippen molar-refractivity contribution in [3.8, 4) is 11.4 Å². The van der Waals surface area contributed by atoms with Crippen molar-refractivity contribution in [1.82, 2.24) is 14.5 Å². The van der Waals surface area contributed by atoms with E-state index in [1.54, 1.807) is 6.07 Å². The fraction of sp³-hybridized carbons (Fsp3) is 0.357. The molecule has 3 heterocycles. The molecule has 0 bridgehead atoms. The molecule has 0 saturated carbocycles. The monoisotopic (exact) mass is 257 g/mol. The number of hydrogen-bond donors (Lipinski definition) is 1. The standard InChI is InChI=1S/C14H15N3O2/c1-9-13(16-12-7-2-3-8-17(9)12)10-5-4-6-11(15-10)14(18)19/h4-6H,2-3,7-8H2,1H3,(H,18,19). The summed E-state index contributed by atoms with van der Waals surface area (Å²) in [5, 5.41) is 9.00. The van der Waals surface area contributed by atoms with Gasteiger partial charge in [0.2, 0.25) is 0 Å². The van der Waals surface area contributed by atoms with E-state index in [9.17, 15) is 4.79 Å². The minimum Gasteiger partial charge on any atom is -0.477 e. The Hall–Kier alpha value is -2.17. The first kappa shape index (κ1) is 11.9. The number of hydrogen-bond acceptors (Lipinski definition) is 3. The predicted molar refractivity (Wildman–Crippen MR) is 70.1 cm³/mol. The molecule has 5 heteroatoms. The Morgan fingerprint density at radius 3 is 2.89 bits per heavy atom. The number of aryl methyl sites for hydroxylation is 1. The van der Waals surface area contributed by atoms with Gasteiger partial charge in [0.1, 0.15) is 17.2 Å². The van der Waals surface area contributed by atoms with Crippen LogP contribution in [0.1, 0.15) is 34.8 Å². The highest BCUT2D eigenvalue weighted by Gasteiger charge is 2.19. The quantitative estimate of drug-likeness (QED) is 0.896. The molecule has 3 rings (SSSR count). The van der Waals surface area contributed by atoms with E-state index in [0.717, 1.165) is 30.2 Å². The highest BCUT2D eigenvalue weighted by Crippen LogP contribution is 2.25. The maximum Gasteiger partial charge on any atom is 0.354 e. The van der Waals surface area contributed by atoms with E-state index in [1.807, 2.05) is 13.0 Å². The second-order valence-corrected chi connectivity index (χ2v) is 4.78. The molecule has 1 N–H and O–H groups in total. The van der Waals surface area contributed by atoms with E-state index in [2.05, 4.69) is 14.5 Å². The summed E-state index contributed by atoms with van der Waals surface area (Å²) in [6.45, 7) is 3.01. The fourth-order valence-electron chi connectivity index (χ4n) is 2.56. The summed E-state index contributed by atoms with van der Waals surface area (Å²) in [5.74, 6) is 0.0738. The van der Waals surface area contributed by atoms with E-state index in [4.69, 9.17) is 5.11 Å². The summed E-state index contributed by atoms with van der Waals surface area (Å²) >= 11 is 0. The summed E-state index contributed by atoms with van der Waals surface area (Å²) in [5.41, 5.74) is 2.58. The van der Waals surface area contributed by atoms with Crippen LogP contribution in [0.3, 0.4) is 0 Å². The first-order valence-corrected chi connectivity index (χ1v) is 6.43. The molecular formula is C14H15N3O2. The van der Waals surface area contributed by atoms with Crippen LogP contribution in [0.25, 0.3) is 11.4 Å². The number of pyridine rings is 1.